The van der Waals surface area contributed by atoms with E-state index in [2.05, 4.69) is 0 Å². The number of esters is 1. The molecule has 0 aromatic heterocycles. The third-order valence-electron chi connectivity index (χ3n) is 2.50. The van der Waals surface area contributed by atoms with Gasteiger partial charge in [0.05, 0.1) is 5.56 Å². The van der Waals surface area contributed by atoms with Crippen molar-refractivity contribution in [2.24, 2.45) is 0 Å². The van der Waals surface area contributed by atoms with Crippen LogP contribution in [0.5, 0.6) is 0 Å². The van der Waals surface area contributed by atoms with E-state index < -0.39 is 23.4 Å². The molecule has 3 nitrogen and oxygen atoms in total. The van der Waals surface area contributed by atoms with Crippen LogP contribution in [0.15, 0.2) is 36.4 Å². The van der Waals surface area contributed by atoms with Gasteiger partial charge in [-0.2, -0.15) is 0 Å². The molecule has 0 spiro atoms. The average molecular weight is 281 g/mol. The minimum absolute atomic E-state index is 0.125. The molecule has 104 valence electrons. The second kappa shape index (κ2) is 5.64. The van der Waals surface area contributed by atoms with Crippen LogP contribution in [0.4, 0.5) is 18.9 Å². The van der Waals surface area contributed by atoms with Crippen LogP contribution in [0.25, 0.3) is 0 Å². The Morgan fingerprint density at radius 3 is 2.35 bits per heavy atom. The van der Waals surface area contributed by atoms with Gasteiger partial charge in [-0.1, -0.05) is 0 Å². The summed E-state index contributed by atoms with van der Waals surface area (Å²) in [5.41, 5.74) is 5.44. The van der Waals surface area contributed by atoms with Crippen molar-refractivity contribution in [3.05, 3.63) is 65.0 Å². The first-order chi connectivity index (χ1) is 9.45. The summed E-state index contributed by atoms with van der Waals surface area (Å²) in [6, 6.07) is 6.20. The zero-order valence-corrected chi connectivity index (χ0v) is 10.2. The second-order valence-electron chi connectivity index (χ2n) is 4.09. The number of halogens is 3. The van der Waals surface area contributed by atoms with Crippen LogP contribution >= 0.6 is 0 Å². The molecule has 20 heavy (non-hydrogen) atoms. The lowest BCUT2D eigenvalue weighted by atomic mass is 10.2. The summed E-state index contributed by atoms with van der Waals surface area (Å²) in [6.45, 7) is -0.373. The molecule has 0 aliphatic heterocycles. The Kier molecular flexibility index (Phi) is 3.93. The normalized spacial score (nSPS) is 10.3. The van der Waals surface area contributed by atoms with Crippen LogP contribution < -0.4 is 5.73 Å². The summed E-state index contributed by atoms with van der Waals surface area (Å²) >= 11 is 0. The van der Waals surface area contributed by atoms with Crippen LogP contribution in [0.2, 0.25) is 0 Å². The number of carbonyl (C=O) groups is 1. The molecule has 6 heteroatoms. The zero-order valence-electron chi connectivity index (χ0n) is 10.2. The number of rotatable bonds is 3. The Morgan fingerprint density at radius 2 is 1.70 bits per heavy atom. The van der Waals surface area contributed by atoms with E-state index in [0.717, 1.165) is 24.3 Å². The van der Waals surface area contributed by atoms with E-state index in [1.165, 1.54) is 6.07 Å². The van der Waals surface area contributed by atoms with E-state index in [-0.39, 0.29) is 23.4 Å². The fourth-order valence-electron chi connectivity index (χ4n) is 1.62. The topological polar surface area (TPSA) is 52.3 Å². The predicted molar refractivity (Wildman–Crippen MR) is 66.3 cm³/mol. The van der Waals surface area contributed by atoms with E-state index in [9.17, 15) is 18.0 Å². The molecule has 0 heterocycles. The van der Waals surface area contributed by atoms with E-state index in [0.29, 0.717) is 6.07 Å². The largest absolute Gasteiger partial charge is 0.457 e. The van der Waals surface area contributed by atoms with Crippen LogP contribution in [0, 0.1) is 17.5 Å². The first-order valence-electron chi connectivity index (χ1n) is 5.63. The Labute approximate surface area is 112 Å². The lowest BCUT2D eigenvalue weighted by Crippen LogP contribution is -2.08. The number of nitrogen functional groups attached to an aromatic ring is 1. The molecule has 0 saturated heterocycles. The molecule has 2 rings (SSSR count). The quantitative estimate of drug-likeness (QED) is 0.695. The van der Waals surface area contributed by atoms with Crippen LogP contribution in [0.3, 0.4) is 0 Å². The molecule has 0 aliphatic rings. The number of nitrogens with two attached hydrogens (primary N) is 1. The van der Waals surface area contributed by atoms with Crippen LogP contribution in [-0.4, -0.2) is 5.97 Å². The molecule has 0 saturated carbocycles. The molecule has 0 fully saturated rings. The molecule has 2 N–H and O–H groups in total. The van der Waals surface area contributed by atoms with Gasteiger partial charge in [0.2, 0.25) is 0 Å². The Bertz CT molecular complexity index is 639. The molecule has 0 atom stereocenters. The molecular formula is C14H10F3NO2. The highest BCUT2D eigenvalue weighted by Crippen LogP contribution is 2.15. The van der Waals surface area contributed by atoms with E-state index >= 15 is 0 Å². The summed E-state index contributed by atoms with van der Waals surface area (Å²) in [4.78, 5) is 11.7. The number of carbonyl (C=O) groups excluding carboxylic acids is 1. The lowest BCUT2D eigenvalue weighted by Gasteiger charge is -2.07. The van der Waals surface area contributed by atoms with Gasteiger partial charge in [-0.05, 0) is 35.9 Å². The maximum atomic E-state index is 13.4. The molecule has 0 unspecified atom stereocenters. The summed E-state index contributed by atoms with van der Waals surface area (Å²) in [5.74, 6) is -3.31. The predicted octanol–water partition coefficient (Wildman–Crippen LogP) is 3.04. The number of hydrogen-bond donors (Lipinski definition) is 1. The smallest absolute Gasteiger partial charge is 0.341 e. The molecule has 2 aromatic rings. The van der Waals surface area contributed by atoms with Crippen molar-refractivity contribution >= 4 is 11.7 Å². The van der Waals surface area contributed by atoms with E-state index in [4.69, 9.17) is 10.5 Å². The number of hydrogen-bond acceptors (Lipinski definition) is 3. The van der Waals surface area contributed by atoms with Gasteiger partial charge in [-0.3, -0.25) is 0 Å². The highest BCUT2D eigenvalue weighted by molar-refractivity contribution is 5.90. The minimum atomic E-state index is -0.959. The number of ether oxygens (including phenoxy) is 1. The first kappa shape index (κ1) is 13.9. The molecule has 0 bridgehead atoms. The van der Waals surface area contributed by atoms with Crippen molar-refractivity contribution in [3.63, 3.8) is 0 Å². The van der Waals surface area contributed by atoms with Gasteiger partial charge < -0.3 is 10.5 Å². The summed E-state index contributed by atoms with van der Waals surface area (Å²) in [5, 5.41) is 0. The number of benzene rings is 2. The standard InChI is InChI=1S/C14H10F3NO2/c15-9-3-8(4-10(16)5-9)7-20-14(19)12-6-11(18)1-2-13(12)17/h1-6H,7,18H2. The van der Waals surface area contributed by atoms with Gasteiger partial charge in [-0.15, -0.1) is 0 Å². The molecule has 2 aromatic carbocycles. The van der Waals surface area contributed by atoms with E-state index in [1.807, 2.05) is 0 Å². The molecule has 0 amide bonds. The van der Waals surface area contributed by atoms with Gasteiger partial charge in [-0.25, -0.2) is 18.0 Å². The summed E-state index contributed by atoms with van der Waals surface area (Å²) in [6.07, 6.45) is 0. The van der Waals surface area contributed by atoms with Gasteiger partial charge in [0.25, 0.3) is 0 Å². The Balaban J connectivity index is 2.10. The third kappa shape index (κ3) is 3.28. The SMILES string of the molecule is Nc1ccc(F)c(C(=O)OCc2cc(F)cc(F)c2)c1. The van der Waals surface area contributed by atoms with Crippen molar-refractivity contribution in [3.8, 4) is 0 Å². The fourth-order valence-corrected chi connectivity index (χ4v) is 1.62. The van der Waals surface area contributed by atoms with Gasteiger partial charge in [0.15, 0.2) is 0 Å². The maximum absolute atomic E-state index is 13.4. The van der Waals surface area contributed by atoms with Crippen molar-refractivity contribution in [2.45, 2.75) is 6.61 Å². The number of anilines is 1. The lowest BCUT2D eigenvalue weighted by molar-refractivity contribution is 0.0466. The highest BCUT2D eigenvalue weighted by atomic mass is 19.1. The Hall–Kier alpha value is -2.50. The van der Waals surface area contributed by atoms with Gasteiger partial charge in [0.1, 0.15) is 24.1 Å². The average Bonchev–Trinajstić information content (AvgIpc) is 2.38. The van der Waals surface area contributed by atoms with Gasteiger partial charge in [0, 0.05) is 11.8 Å². The molecule has 0 aliphatic carbocycles. The Morgan fingerprint density at radius 1 is 1.05 bits per heavy atom. The highest BCUT2D eigenvalue weighted by Gasteiger charge is 2.14. The molecular weight excluding hydrogens is 271 g/mol. The third-order valence-corrected chi connectivity index (χ3v) is 2.50. The zero-order chi connectivity index (χ0) is 14.7. The minimum Gasteiger partial charge on any atom is -0.457 e. The van der Waals surface area contributed by atoms with Crippen molar-refractivity contribution < 1.29 is 22.7 Å². The van der Waals surface area contributed by atoms with Crippen molar-refractivity contribution in [2.75, 3.05) is 5.73 Å². The second-order valence-corrected chi connectivity index (χ2v) is 4.09. The first-order valence-corrected chi connectivity index (χ1v) is 5.63. The monoisotopic (exact) mass is 281 g/mol. The van der Waals surface area contributed by atoms with E-state index in [1.54, 1.807) is 0 Å². The summed E-state index contributed by atoms with van der Waals surface area (Å²) in [7, 11) is 0. The summed E-state index contributed by atoms with van der Waals surface area (Å²) < 4.78 is 44.1. The van der Waals surface area contributed by atoms with Gasteiger partial charge >= 0.3 is 5.97 Å². The maximum Gasteiger partial charge on any atom is 0.341 e. The van der Waals surface area contributed by atoms with Crippen molar-refractivity contribution in [1.82, 2.24) is 0 Å². The van der Waals surface area contributed by atoms with Crippen LogP contribution in [0.1, 0.15) is 15.9 Å². The fraction of sp³-hybridized carbons (Fsp3) is 0.0714. The van der Waals surface area contributed by atoms with Crippen LogP contribution in [-0.2, 0) is 11.3 Å². The molecule has 0 radical (unpaired) electrons. The van der Waals surface area contributed by atoms with Crippen molar-refractivity contribution in [1.29, 1.82) is 0 Å².